The van der Waals surface area contributed by atoms with E-state index in [4.69, 9.17) is 14.6 Å². The van der Waals surface area contributed by atoms with Crippen molar-refractivity contribution in [3.8, 4) is 11.5 Å². The van der Waals surface area contributed by atoms with Gasteiger partial charge in [0.25, 0.3) is 0 Å². The second-order valence-electron chi connectivity index (χ2n) is 6.13. The molecule has 130 valence electrons. The zero-order valence-electron chi connectivity index (χ0n) is 13.3. The molecule has 25 heavy (non-hydrogen) atoms. The predicted octanol–water partition coefficient (Wildman–Crippen LogP) is 1.48. The molecule has 1 saturated carbocycles. The topological polar surface area (TPSA) is 103 Å². The summed E-state index contributed by atoms with van der Waals surface area (Å²) in [5, 5.41) is 15.5. The first-order chi connectivity index (χ1) is 12.1. The summed E-state index contributed by atoms with van der Waals surface area (Å²) in [7, 11) is 0. The van der Waals surface area contributed by atoms with Gasteiger partial charge in [-0.3, -0.25) is 14.3 Å². The van der Waals surface area contributed by atoms with Gasteiger partial charge >= 0.3 is 5.97 Å². The number of hydrogen-bond donors (Lipinski definition) is 2. The van der Waals surface area contributed by atoms with Crippen molar-refractivity contribution in [1.29, 1.82) is 0 Å². The fraction of sp³-hybridized carbons (Fsp3) is 0.353. The Bertz CT molecular complexity index is 831. The molecule has 0 spiro atoms. The van der Waals surface area contributed by atoms with E-state index in [0.717, 1.165) is 23.5 Å². The van der Waals surface area contributed by atoms with E-state index in [1.54, 1.807) is 6.07 Å². The van der Waals surface area contributed by atoms with Crippen LogP contribution in [0.1, 0.15) is 17.9 Å². The van der Waals surface area contributed by atoms with E-state index < -0.39 is 5.97 Å². The van der Waals surface area contributed by atoms with Gasteiger partial charge in [-0.25, -0.2) is 0 Å². The molecule has 1 amide bonds. The SMILES string of the molecule is O=C(O)Cn1ccc(NC(=O)[C@H]2C[C@H]2c2ccc3c(c2)OCCO3)n1. The molecule has 1 aromatic carbocycles. The zero-order valence-corrected chi connectivity index (χ0v) is 13.3. The second kappa shape index (κ2) is 6.12. The largest absolute Gasteiger partial charge is 0.486 e. The van der Waals surface area contributed by atoms with E-state index >= 15 is 0 Å². The minimum atomic E-state index is -0.984. The lowest BCUT2D eigenvalue weighted by Gasteiger charge is -2.18. The van der Waals surface area contributed by atoms with Crippen LogP contribution in [0.5, 0.6) is 11.5 Å². The van der Waals surface area contributed by atoms with E-state index in [1.807, 2.05) is 18.2 Å². The quantitative estimate of drug-likeness (QED) is 0.852. The maximum Gasteiger partial charge on any atom is 0.325 e. The first-order valence-corrected chi connectivity index (χ1v) is 8.06. The molecule has 0 unspecified atom stereocenters. The van der Waals surface area contributed by atoms with Crippen LogP contribution in [-0.4, -0.2) is 40.0 Å². The van der Waals surface area contributed by atoms with Crippen LogP contribution < -0.4 is 14.8 Å². The smallest absolute Gasteiger partial charge is 0.325 e. The van der Waals surface area contributed by atoms with Gasteiger partial charge in [0.15, 0.2) is 17.3 Å². The summed E-state index contributed by atoms with van der Waals surface area (Å²) in [6, 6.07) is 7.37. The van der Waals surface area contributed by atoms with Crippen molar-refractivity contribution in [2.24, 2.45) is 5.92 Å². The highest BCUT2D eigenvalue weighted by Gasteiger charge is 2.44. The fourth-order valence-electron chi connectivity index (χ4n) is 3.02. The van der Waals surface area contributed by atoms with Crippen molar-refractivity contribution < 1.29 is 24.2 Å². The minimum absolute atomic E-state index is 0.111. The lowest BCUT2D eigenvalue weighted by atomic mass is 10.1. The van der Waals surface area contributed by atoms with Crippen LogP contribution in [0.15, 0.2) is 30.5 Å². The standard InChI is InChI=1S/C17H17N3O5/c21-16(22)9-20-4-3-15(19-20)18-17(23)12-8-11(12)10-1-2-13-14(7-10)25-6-5-24-13/h1-4,7,11-12H,5-6,8-9H2,(H,21,22)(H,18,19,23)/t11-,12-/m0/s1. The predicted molar refractivity (Wildman–Crippen MR) is 86.8 cm³/mol. The van der Waals surface area contributed by atoms with Crippen molar-refractivity contribution in [3.63, 3.8) is 0 Å². The van der Waals surface area contributed by atoms with Crippen LogP contribution in [0, 0.1) is 5.92 Å². The Kier molecular flexibility index (Phi) is 3.79. The van der Waals surface area contributed by atoms with Gasteiger partial charge in [-0.15, -0.1) is 0 Å². The fourth-order valence-corrected chi connectivity index (χ4v) is 3.02. The molecule has 0 saturated heterocycles. The summed E-state index contributed by atoms with van der Waals surface area (Å²) in [4.78, 5) is 23.0. The summed E-state index contributed by atoms with van der Waals surface area (Å²) >= 11 is 0. The summed E-state index contributed by atoms with van der Waals surface area (Å²) in [6.45, 7) is 0.846. The van der Waals surface area contributed by atoms with Crippen molar-refractivity contribution in [2.45, 2.75) is 18.9 Å². The third kappa shape index (κ3) is 3.28. The number of hydrogen-bond acceptors (Lipinski definition) is 5. The molecule has 2 aromatic rings. The highest BCUT2D eigenvalue weighted by atomic mass is 16.6. The van der Waals surface area contributed by atoms with Crippen LogP contribution in [0.4, 0.5) is 5.82 Å². The normalized spacial score (nSPS) is 20.8. The number of fused-ring (bicyclic) bond motifs is 1. The molecule has 1 aliphatic carbocycles. The molecule has 2 heterocycles. The molecule has 2 atom stereocenters. The van der Waals surface area contributed by atoms with Crippen LogP contribution in [0.3, 0.4) is 0 Å². The van der Waals surface area contributed by atoms with Gasteiger partial charge in [0.05, 0.1) is 0 Å². The Labute approximate surface area is 143 Å². The van der Waals surface area contributed by atoms with Gasteiger partial charge in [-0.2, -0.15) is 5.10 Å². The highest BCUT2D eigenvalue weighted by Crippen LogP contribution is 2.49. The van der Waals surface area contributed by atoms with Gasteiger partial charge < -0.3 is 19.9 Å². The molecule has 0 bridgehead atoms. The molecular formula is C17H17N3O5. The number of carboxylic acids is 1. The van der Waals surface area contributed by atoms with Crippen molar-refractivity contribution >= 4 is 17.7 Å². The molecule has 1 aromatic heterocycles. The number of nitrogens with zero attached hydrogens (tertiary/aromatic N) is 2. The Balaban J connectivity index is 1.38. The zero-order chi connectivity index (χ0) is 17.4. The molecule has 2 N–H and O–H groups in total. The van der Waals surface area contributed by atoms with Gasteiger partial charge in [0, 0.05) is 18.2 Å². The number of aliphatic carboxylic acids is 1. The molecular weight excluding hydrogens is 326 g/mol. The monoisotopic (exact) mass is 343 g/mol. The van der Waals surface area contributed by atoms with E-state index in [-0.39, 0.29) is 24.3 Å². The number of carbonyl (C=O) groups excluding carboxylic acids is 1. The Morgan fingerprint density at radius 3 is 2.84 bits per heavy atom. The average molecular weight is 343 g/mol. The highest BCUT2D eigenvalue weighted by molar-refractivity contribution is 5.94. The summed E-state index contributed by atoms with van der Waals surface area (Å²) < 4.78 is 12.4. The number of ether oxygens (including phenoxy) is 2. The van der Waals surface area contributed by atoms with Crippen LogP contribution >= 0.6 is 0 Å². The number of aromatic nitrogens is 2. The van der Waals surface area contributed by atoms with Gasteiger partial charge in [-0.05, 0) is 30.0 Å². The van der Waals surface area contributed by atoms with Crippen LogP contribution in [-0.2, 0) is 16.1 Å². The van der Waals surface area contributed by atoms with E-state index in [2.05, 4.69) is 10.4 Å². The van der Waals surface area contributed by atoms with Gasteiger partial charge in [-0.1, -0.05) is 6.07 Å². The lowest BCUT2D eigenvalue weighted by molar-refractivity contribution is -0.137. The van der Waals surface area contributed by atoms with Crippen molar-refractivity contribution in [3.05, 3.63) is 36.0 Å². The number of rotatable bonds is 5. The van der Waals surface area contributed by atoms with Crippen molar-refractivity contribution in [1.82, 2.24) is 9.78 Å². The average Bonchev–Trinajstić information content (AvgIpc) is 3.29. The first kappa shape index (κ1) is 15.5. The minimum Gasteiger partial charge on any atom is -0.486 e. The second-order valence-corrected chi connectivity index (χ2v) is 6.13. The number of carbonyl (C=O) groups is 2. The molecule has 1 aliphatic heterocycles. The third-order valence-electron chi connectivity index (χ3n) is 4.31. The Hall–Kier alpha value is -3.03. The maximum absolute atomic E-state index is 12.3. The number of amides is 1. The summed E-state index contributed by atoms with van der Waals surface area (Å²) in [5.41, 5.74) is 1.06. The van der Waals surface area contributed by atoms with Crippen LogP contribution in [0.25, 0.3) is 0 Å². The van der Waals surface area contributed by atoms with Gasteiger partial charge in [0.1, 0.15) is 19.8 Å². The molecule has 8 heteroatoms. The molecule has 1 fully saturated rings. The molecule has 4 rings (SSSR count). The molecule has 8 nitrogen and oxygen atoms in total. The summed E-state index contributed by atoms with van der Waals surface area (Å²) in [6.07, 6.45) is 2.29. The lowest BCUT2D eigenvalue weighted by Crippen LogP contribution is -2.16. The maximum atomic E-state index is 12.3. The number of anilines is 1. The Morgan fingerprint density at radius 1 is 1.24 bits per heavy atom. The summed E-state index contributed by atoms with van der Waals surface area (Å²) in [5.74, 6) is 0.758. The number of nitrogens with one attached hydrogen (secondary N) is 1. The molecule has 0 radical (unpaired) electrons. The van der Waals surface area contributed by atoms with E-state index in [0.29, 0.717) is 19.0 Å². The number of carboxylic acid groups (broad SMARTS) is 1. The van der Waals surface area contributed by atoms with E-state index in [1.165, 1.54) is 10.9 Å². The van der Waals surface area contributed by atoms with E-state index in [9.17, 15) is 9.59 Å². The Morgan fingerprint density at radius 2 is 2.04 bits per heavy atom. The first-order valence-electron chi connectivity index (χ1n) is 8.06. The number of benzene rings is 1. The van der Waals surface area contributed by atoms with Crippen molar-refractivity contribution in [2.75, 3.05) is 18.5 Å². The molecule has 2 aliphatic rings. The van der Waals surface area contributed by atoms with Gasteiger partial charge in [0.2, 0.25) is 5.91 Å². The van der Waals surface area contributed by atoms with Crippen LogP contribution in [0.2, 0.25) is 0 Å². The third-order valence-corrected chi connectivity index (χ3v) is 4.31.